The van der Waals surface area contributed by atoms with Gasteiger partial charge in [0, 0.05) is 10.6 Å². The van der Waals surface area contributed by atoms with E-state index in [9.17, 15) is 0 Å². The lowest BCUT2D eigenvalue weighted by Crippen LogP contribution is -2.00. The van der Waals surface area contributed by atoms with Crippen LogP contribution in [0.1, 0.15) is 0 Å². The van der Waals surface area contributed by atoms with Crippen LogP contribution in [0.5, 0.6) is 0 Å². The van der Waals surface area contributed by atoms with E-state index < -0.39 is 0 Å². The highest BCUT2D eigenvalue weighted by Gasteiger charge is 2.04. The predicted molar refractivity (Wildman–Crippen MR) is 73.0 cm³/mol. The molecule has 0 atom stereocenters. The summed E-state index contributed by atoms with van der Waals surface area (Å²) >= 11 is 7.64. The van der Waals surface area contributed by atoms with Gasteiger partial charge in [0.2, 0.25) is 5.95 Å². The topological polar surface area (TPSA) is 63.8 Å². The summed E-state index contributed by atoms with van der Waals surface area (Å²) in [7, 11) is 0. The first-order chi connectivity index (χ1) is 8.19. The van der Waals surface area contributed by atoms with Crippen molar-refractivity contribution >= 4 is 40.8 Å². The van der Waals surface area contributed by atoms with E-state index in [1.165, 1.54) is 6.20 Å². The Hall–Kier alpha value is -1.46. The molecule has 0 aliphatic heterocycles. The number of nitrogens with two attached hydrogens (primary N) is 1. The number of thioether (sulfide) groups is 1. The number of hydrogen-bond acceptors (Lipinski definition) is 5. The van der Waals surface area contributed by atoms with E-state index >= 15 is 0 Å². The summed E-state index contributed by atoms with van der Waals surface area (Å²) in [5.74, 6) is 0.704. The molecular formula is C11H11ClN4S. The molecule has 0 unspecified atom stereocenters. The first-order valence-electron chi connectivity index (χ1n) is 4.88. The SMILES string of the molecule is CSc1cccc(Nc2nc(N)ncc2Cl)c1. The van der Waals surface area contributed by atoms with Crippen molar-refractivity contribution in [2.75, 3.05) is 17.3 Å². The predicted octanol–water partition coefficient (Wildman–Crippen LogP) is 3.18. The van der Waals surface area contributed by atoms with Crippen LogP contribution in [0.2, 0.25) is 5.02 Å². The molecule has 3 N–H and O–H groups in total. The number of nitrogens with one attached hydrogen (secondary N) is 1. The Balaban J connectivity index is 2.27. The van der Waals surface area contributed by atoms with Crippen LogP contribution in [0.3, 0.4) is 0 Å². The molecule has 0 spiro atoms. The lowest BCUT2D eigenvalue weighted by Gasteiger charge is -2.08. The highest BCUT2D eigenvalue weighted by molar-refractivity contribution is 7.98. The van der Waals surface area contributed by atoms with Gasteiger partial charge in [-0.15, -0.1) is 11.8 Å². The van der Waals surface area contributed by atoms with Crippen molar-refractivity contribution in [1.29, 1.82) is 0 Å². The molecule has 0 aliphatic rings. The molecule has 1 aromatic carbocycles. The fraction of sp³-hybridized carbons (Fsp3) is 0.0909. The quantitative estimate of drug-likeness (QED) is 0.836. The number of nitrogen functional groups attached to an aromatic ring is 1. The molecule has 2 aromatic rings. The van der Waals surface area contributed by atoms with E-state index in [4.69, 9.17) is 17.3 Å². The van der Waals surface area contributed by atoms with Crippen molar-refractivity contribution < 1.29 is 0 Å². The van der Waals surface area contributed by atoms with Gasteiger partial charge >= 0.3 is 0 Å². The van der Waals surface area contributed by atoms with E-state index in [0.717, 1.165) is 10.6 Å². The average molecular weight is 267 g/mol. The Morgan fingerprint density at radius 2 is 2.24 bits per heavy atom. The first-order valence-corrected chi connectivity index (χ1v) is 6.48. The van der Waals surface area contributed by atoms with Gasteiger partial charge in [0.15, 0.2) is 5.82 Å². The van der Waals surface area contributed by atoms with Crippen LogP contribution in [-0.2, 0) is 0 Å². The highest BCUT2D eigenvalue weighted by atomic mass is 35.5. The Morgan fingerprint density at radius 1 is 1.41 bits per heavy atom. The zero-order chi connectivity index (χ0) is 12.3. The fourth-order valence-corrected chi connectivity index (χ4v) is 1.90. The molecule has 0 saturated heterocycles. The van der Waals surface area contributed by atoms with Gasteiger partial charge in [-0.3, -0.25) is 0 Å². The molecule has 0 amide bonds. The molecule has 88 valence electrons. The van der Waals surface area contributed by atoms with Gasteiger partial charge in [-0.2, -0.15) is 4.98 Å². The second-order valence-corrected chi connectivity index (χ2v) is 4.57. The normalized spacial score (nSPS) is 10.2. The minimum atomic E-state index is 0.193. The number of aromatic nitrogens is 2. The van der Waals surface area contributed by atoms with Crippen molar-refractivity contribution in [1.82, 2.24) is 9.97 Å². The van der Waals surface area contributed by atoms with Crippen LogP contribution in [0.15, 0.2) is 35.4 Å². The molecule has 1 aromatic heterocycles. The smallest absolute Gasteiger partial charge is 0.222 e. The third-order valence-corrected chi connectivity index (χ3v) is 3.10. The van der Waals surface area contributed by atoms with Gasteiger partial charge in [-0.05, 0) is 24.5 Å². The summed E-state index contributed by atoms with van der Waals surface area (Å²) in [6, 6.07) is 7.95. The first kappa shape index (κ1) is 12.0. The zero-order valence-corrected chi connectivity index (χ0v) is 10.7. The van der Waals surface area contributed by atoms with Crippen molar-refractivity contribution in [3.05, 3.63) is 35.5 Å². The van der Waals surface area contributed by atoms with Crippen LogP contribution >= 0.6 is 23.4 Å². The second-order valence-electron chi connectivity index (χ2n) is 3.28. The van der Waals surface area contributed by atoms with E-state index in [-0.39, 0.29) is 5.95 Å². The molecule has 4 nitrogen and oxygen atoms in total. The Kier molecular flexibility index (Phi) is 3.71. The van der Waals surface area contributed by atoms with Gasteiger partial charge in [0.05, 0.1) is 6.20 Å². The van der Waals surface area contributed by atoms with Gasteiger partial charge in [-0.25, -0.2) is 4.98 Å². The molecule has 6 heteroatoms. The van der Waals surface area contributed by atoms with Gasteiger partial charge in [0.1, 0.15) is 5.02 Å². The minimum Gasteiger partial charge on any atom is -0.368 e. The lowest BCUT2D eigenvalue weighted by atomic mass is 10.3. The Morgan fingerprint density at radius 3 is 3.00 bits per heavy atom. The summed E-state index contributed by atoms with van der Waals surface area (Å²) < 4.78 is 0. The average Bonchev–Trinajstić information content (AvgIpc) is 2.34. The van der Waals surface area contributed by atoms with Crippen LogP contribution in [0.4, 0.5) is 17.5 Å². The number of benzene rings is 1. The van der Waals surface area contributed by atoms with Gasteiger partial charge in [-0.1, -0.05) is 17.7 Å². The fourth-order valence-electron chi connectivity index (χ4n) is 1.31. The Bertz CT molecular complexity index is 533. The van der Waals surface area contributed by atoms with E-state index in [1.54, 1.807) is 11.8 Å². The van der Waals surface area contributed by atoms with Crippen molar-refractivity contribution in [3.63, 3.8) is 0 Å². The van der Waals surface area contributed by atoms with E-state index in [2.05, 4.69) is 15.3 Å². The van der Waals surface area contributed by atoms with Crippen LogP contribution in [0, 0.1) is 0 Å². The summed E-state index contributed by atoms with van der Waals surface area (Å²) in [4.78, 5) is 9.01. The second kappa shape index (κ2) is 5.25. The van der Waals surface area contributed by atoms with Gasteiger partial charge < -0.3 is 11.1 Å². The maximum Gasteiger partial charge on any atom is 0.222 e. The zero-order valence-electron chi connectivity index (χ0n) is 9.14. The van der Waals surface area contributed by atoms with Crippen LogP contribution in [0.25, 0.3) is 0 Å². The third-order valence-electron chi connectivity index (χ3n) is 2.10. The van der Waals surface area contributed by atoms with Crippen LogP contribution < -0.4 is 11.1 Å². The number of rotatable bonds is 3. The van der Waals surface area contributed by atoms with Crippen LogP contribution in [-0.4, -0.2) is 16.2 Å². The summed E-state index contributed by atoms with van der Waals surface area (Å²) in [6.07, 6.45) is 3.50. The van der Waals surface area contributed by atoms with Gasteiger partial charge in [0.25, 0.3) is 0 Å². The molecule has 0 fully saturated rings. The maximum atomic E-state index is 5.97. The van der Waals surface area contributed by atoms with Crippen molar-refractivity contribution in [3.8, 4) is 0 Å². The highest BCUT2D eigenvalue weighted by Crippen LogP contribution is 2.25. The molecule has 2 rings (SSSR count). The number of nitrogens with zero attached hydrogens (tertiary/aromatic N) is 2. The molecule has 0 aliphatic carbocycles. The van der Waals surface area contributed by atoms with E-state index in [1.807, 2.05) is 30.5 Å². The summed E-state index contributed by atoms with van der Waals surface area (Å²) in [5.41, 5.74) is 6.43. The minimum absolute atomic E-state index is 0.193. The monoisotopic (exact) mass is 266 g/mol. The largest absolute Gasteiger partial charge is 0.368 e. The standard InChI is InChI=1S/C11H11ClN4S/c1-17-8-4-2-3-7(5-8)15-10-9(12)6-14-11(13)16-10/h2-6H,1H3,(H3,13,14,15,16). The summed E-state index contributed by atoms with van der Waals surface area (Å²) in [6.45, 7) is 0. The van der Waals surface area contributed by atoms with Crippen molar-refractivity contribution in [2.45, 2.75) is 4.90 Å². The number of anilines is 3. The maximum absolute atomic E-state index is 5.97. The molecule has 0 saturated carbocycles. The van der Waals surface area contributed by atoms with E-state index in [0.29, 0.717) is 10.8 Å². The Labute approximate surface area is 109 Å². The third kappa shape index (κ3) is 3.01. The molecular weight excluding hydrogens is 256 g/mol. The molecule has 1 heterocycles. The molecule has 0 radical (unpaired) electrons. The number of halogens is 1. The summed E-state index contributed by atoms with van der Waals surface area (Å²) in [5, 5.41) is 3.55. The lowest BCUT2D eigenvalue weighted by molar-refractivity contribution is 1.18. The molecule has 0 bridgehead atoms. The van der Waals surface area contributed by atoms with Crippen molar-refractivity contribution in [2.24, 2.45) is 0 Å². The number of hydrogen-bond donors (Lipinski definition) is 2. The molecule has 17 heavy (non-hydrogen) atoms.